The molecule has 1 aromatic heterocycles. The van der Waals surface area contributed by atoms with Crippen LogP contribution in [0.1, 0.15) is 27.8 Å². The van der Waals surface area contributed by atoms with Gasteiger partial charge in [0.25, 0.3) is 5.91 Å². The minimum absolute atomic E-state index is 0.273. The second kappa shape index (κ2) is 7.71. The molecule has 0 radical (unpaired) electrons. The standard InChI is InChI=1S/C22H17FIN3O/c1-27-19-10-6-5-9-18(19)25-21(27)20(14-7-3-2-4-8-14)26-22(28)16-12-11-15(23)13-17(16)24/h2-13,20H,1H3,(H,26,28). The SMILES string of the molecule is Cn1c(C(NC(=O)c2ccc(F)cc2I)c2ccccc2)nc2ccccc21. The Balaban J connectivity index is 1.78. The van der Waals surface area contributed by atoms with Crippen molar-refractivity contribution in [2.45, 2.75) is 6.04 Å². The van der Waals surface area contributed by atoms with Gasteiger partial charge in [0.1, 0.15) is 17.7 Å². The third kappa shape index (κ3) is 3.52. The molecule has 1 atom stereocenters. The average Bonchev–Trinajstić information content (AvgIpc) is 3.03. The summed E-state index contributed by atoms with van der Waals surface area (Å²) in [6.45, 7) is 0. The highest BCUT2D eigenvalue weighted by Gasteiger charge is 2.24. The lowest BCUT2D eigenvalue weighted by molar-refractivity contribution is 0.0940. The Hall–Kier alpha value is -2.74. The molecule has 1 N–H and O–H groups in total. The third-order valence-electron chi connectivity index (χ3n) is 4.66. The minimum atomic E-state index is -0.438. The maximum absolute atomic E-state index is 13.4. The summed E-state index contributed by atoms with van der Waals surface area (Å²) in [4.78, 5) is 17.7. The molecule has 0 fully saturated rings. The number of hydrogen-bond donors (Lipinski definition) is 1. The van der Waals surface area contributed by atoms with Crippen LogP contribution in [0.2, 0.25) is 0 Å². The molecule has 4 nitrogen and oxygen atoms in total. The van der Waals surface area contributed by atoms with Gasteiger partial charge in [-0.3, -0.25) is 4.79 Å². The van der Waals surface area contributed by atoms with Crippen molar-refractivity contribution < 1.29 is 9.18 Å². The molecule has 6 heteroatoms. The number of imidazole rings is 1. The molecule has 140 valence electrons. The summed E-state index contributed by atoms with van der Waals surface area (Å²) in [7, 11) is 1.94. The van der Waals surface area contributed by atoms with Crippen molar-refractivity contribution in [1.82, 2.24) is 14.9 Å². The Kier molecular flexibility index (Phi) is 5.13. The number of para-hydroxylation sites is 2. The topological polar surface area (TPSA) is 46.9 Å². The minimum Gasteiger partial charge on any atom is -0.338 e. The third-order valence-corrected chi connectivity index (χ3v) is 5.56. The van der Waals surface area contributed by atoms with Crippen LogP contribution in [0.4, 0.5) is 4.39 Å². The van der Waals surface area contributed by atoms with E-state index in [4.69, 9.17) is 4.98 Å². The maximum Gasteiger partial charge on any atom is 0.253 e. The number of halogens is 2. The van der Waals surface area contributed by atoms with Gasteiger partial charge >= 0.3 is 0 Å². The number of benzene rings is 3. The molecule has 3 aromatic carbocycles. The number of hydrogen-bond acceptors (Lipinski definition) is 2. The molecule has 1 unspecified atom stereocenters. The number of aryl methyl sites for hydroxylation is 1. The lowest BCUT2D eigenvalue weighted by Gasteiger charge is -2.19. The zero-order valence-electron chi connectivity index (χ0n) is 15.1. The summed E-state index contributed by atoms with van der Waals surface area (Å²) in [5.74, 6) is 0.0964. The van der Waals surface area contributed by atoms with E-state index in [1.54, 1.807) is 0 Å². The molecule has 28 heavy (non-hydrogen) atoms. The molecule has 4 rings (SSSR count). The first kappa shape index (κ1) is 18.6. The largest absolute Gasteiger partial charge is 0.338 e. The molecule has 0 saturated heterocycles. The molecular weight excluding hydrogens is 468 g/mol. The normalized spacial score (nSPS) is 12.1. The number of carbonyl (C=O) groups excluding carboxylic acids is 1. The number of fused-ring (bicyclic) bond motifs is 1. The zero-order valence-corrected chi connectivity index (χ0v) is 17.2. The maximum atomic E-state index is 13.4. The van der Waals surface area contributed by atoms with Gasteiger partial charge in [-0.25, -0.2) is 9.37 Å². The van der Waals surface area contributed by atoms with Crippen LogP contribution in [0.5, 0.6) is 0 Å². The second-order valence-electron chi connectivity index (χ2n) is 6.46. The van der Waals surface area contributed by atoms with E-state index < -0.39 is 6.04 Å². The molecule has 1 amide bonds. The van der Waals surface area contributed by atoms with Gasteiger partial charge in [-0.15, -0.1) is 0 Å². The van der Waals surface area contributed by atoms with Crippen LogP contribution in [0.3, 0.4) is 0 Å². The Morgan fingerprint density at radius 1 is 1.07 bits per heavy atom. The van der Waals surface area contributed by atoms with Gasteiger partial charge in [0.05, 0.1) is 16.6 Å². The van der Waals surface area contributed by atoms with Crippen molar-refractivity contribution in [2.24, 2.45) is 7.05 Å². The van der Waals surface area contributed by atoms with Crippen molar-refractivity contribution in [3.63, 3.8) is 0 Å². The monoisotopic (exact) mass is 485 g/mol. The summed E-state index contributed by atoms with van der Waals surface area (Å²) in [6.07, 6.45) is 0. The molecule has 0 saturated carbocycles. The first-order chi connectivity index (χ1) is 13.5. The Morgan fingerprint density at radius 2 is 1.79 bits per heavy atom. The summed E-state index contributed by atoms with van der Waals surface area (Å²) in [5.41, 5.74) is 3.21. The highest BCUT2D eigenvalue weighted by Crippen LogP contribution is 2.26. The lowest BCUT2D eigenvalue weighted by Crippen LogP contribution is -2.31. The number of aromatic nitrogens is 2. The number of amides is 1. The molecule has 0 bridgehead atoms. The van der Waals surface area contributed by atoms with Crippen molar-refractivity contribution in [1.29, 1.82) is 0 Å². The van der Waals surface area contributed by atoms with Crippen LogP contribution >= 0.6 is 22.6 Å². The van der Waals surface area contributed by atoms with E-state index in [0.29, 0.717) is 9.13 Å². The van der Waals surface area contributed by atoms with Crippen LogP contribution in [-0.2, 0) is 7.05 Å². The first-order valence-electron chi connectivity index (χ1n) is 8.77. The molecule has 0 aliphatic rings. The fourth-order valence-electron chi connectivity index (χ4n) is 3.25. The van der Waals surface area contributed by atoms with Crippen molar-refractivity contribution >= 4 is 39.5 Å². The van der Waals surface area contributed by atoms with Gasteiger partial charge in [-0.2, -0.15) is 0 Å². The fraction of sp³-hybridized carbons (Fsp3) is 0.0909. The zero-order chi connectivity index (χ0) is 19.7. The lowest BCUT2D eigenvalue weighted by atomic mass is 10.1. The van der Waals surface area contributed by atoms with Gasteiger partial charge in [-0.1, -0.05) is 42.5 Å². The fourth-order valence-corrected chi connectivity index (χ4v) is 3.97. The number of rotatable bonds is 4. The first-order valence-corrected chi connectivity index (χ1v) is 9.84. The average molecular weight is 485 g/mol. The Bertz CT molecular complexity index is 1160. The van der Waals surface area contributed by atoms with Crippen molar-refractivity contribution in [3.05, 3.63) is 99.1 Å². The predicted molar refractivity (Wildman–Crippen MR) is 116 cm³/mol. The van der Waals surface area contributed by atoms with E-state index in [2.05, 4.69) is 5.32 Å². The summed E-state index contributed by atoms with van der Waals surface area (Å²) in [5, 5.41) is 3.08. The van der Waals surface area contributed by atoms with Gasteiger partial charge in [0.2, 0.25) is 0 Å². The predicted octanol–water partition coefficient (Wildman–Crippen LogP) is 4.84. The van der Waals surface area contributed by atoms with E-state index in [9.17, 15) is 9.18 Å². The van der Waals surface area contributed by atoms with E-state index in [0.717, 1.165) is 22.4 Å². The highest BCUT2D eigenvalue weighted by molar-refractivity contribution is 14.1. The number of carbonyl (C=O) groups is 1. The van der Waals surface area contributed by atoms with Crippen molar-refractivity contribution in [3.8, 4) is 0 Å². The van der Waals surface area contributed by atoms with Crippen LogP contribution in [-0.4, -0.2) is 15.5 Å². The Morgan fingerprint density at radius 3 is 2.50 bits per heavy atom. The molecular formula is C22H17FIN3O. The van der Waals surface area contributed by atoms with Crippen LogP contribution in [0.25, 0.3) is 11.0 Å². The smallest absolute Gasteiger partial charge is 0.253 e. The van der Waals surface area contributed by atoms with Crippen LogP contribution in [0, 0.1) is 9.39 Å². The van der Waals surface area contributed by atoms with E-state index in [1.165, 1.54) is 18.2 Å². The van der Waals surface area contributed by atoms with Crippen molar-refractivity contribution in [2.75, 3.05) is 0 Å². The second-order valence-corrected chi connectivity index (χ2v) is 7.62. The molecule has 4 aromatic rings. The van der Waals surface area contributed by atoms with Gasteiger partial charge in [0.15, 0.2) is 0 Å². The van der Waals surface area contributed by atoms with Gasteiger partial charge < -0.3 is 9.88 Å². The van der Waals surface area contributed by atoms with E-state index in [-0.39, 0.29) is 11.7 Å². The van der Waals surface area contributed by atoms with Gasteiger partial charge in [0, 0.05) is 10.6 Å². The number of nitrogens with one attached hydrogen (secondary N) is 1. The van der Waals surface area contributed by atoms with Crippen LogP contribution < -0.4 is 5.32 Å². The molecule has 0 spiro atoms. The Labute approximate surface area is 175 Å². The summed E-state index contributed by atoms with van der Waals surface area (Å²) < 4.78 is 16.0. The molecule has 0 aliphatic carbocycles. The highest BCUT2D eigenvalue weighted by atomic mass is 127. The molecule has 0 aliphatic heterocycles. The van der Waals surface area contributed by atoms with E-state index >= 15 is 0 Å². The quantitative estimate of drug-likeness (QED) is 0.421. The van der Waals surface area contributed by atoms with Gasteiger partial charge in [-0.05, 0) is 58.5 Å². The molecule has 1 heterocycles. The summed E-state index contributed by atoms with van der Waals surface area (Å²) >= 11 is 1.97. The number of nitrogens with zero attached hydrogens (tertiary/aromatic N) is 2. The van der Waals surface area contributed by atoms with Crippen LogP contribution in [0.15, 0.2) is 72.8 Å². The van der Waals surface area contributed by atoms with E-state index in [1.807, 2.05) is 88.8 Å². The summed E-state index contributed by atoms with van der Waals surface area (Å²) in [6, 6.07) is 21.3.